The average Bonchev–Trinajstić information content (AvgIpc) is 2.37. The van der Waals surface area contributed by atoms with Crippen LogP contribution in [0.25, 0.3) is 0 Å². The molecule has 0 radical (unpaired) electrons. The number of hydrogen-bond donors (Lipinski definition) is 0. The van der Waals surface area contributed by atoms with E-state index in [1.54, 1.807) is 0 Å². The molecule has 0 aliphatic rings. The molecule has 8 heteroatoms. The molecule has 0 saturated carbocycles. The van der Waals surface area contributed by atoms with Crippen molar-refractivity contribution in [3.63, 3.8) is 0 Å². The highest BCUT2D eigenvalue weighted by atomic mass is 19.4. The zero-order valence-corrected chi connectivity index (χ0v) is 11.6. The second kappa shape index (κ2) is 6.76. The molecule has 2 nitrogen and oxygen atoms in total. The second-order valence-electron chi connectivity index (χ2n) is 4.38. The number of aryl methyl sites for hydroxylation is 2. The third-order valence-electron chi connectivity index (χ3n) is 2.67. The molecule has 2 aromatic heterocycles. The van der Waals surface area contributed by atoms with E-state index in [-0.39, 0.29) is 11.1 Å². The van der Waals surface area contributed by atoms with Crippen molar-refractivity contribution >= 4 is 0 Å². The SMILES string of the molecule is Cc1ccncc1C(F)(F)F.Cc1cnccc1C(F)(F)F. The molecule has 0 aromatic carbocycles. The third kappa shape index (κ3) is 5.01. The molecule has 2 rings (SSSR count). The molecule has 0 atom stereocenters. The number of pyridine rings is 2. The van der Waals surface area contributed by atoms with Crippen molar-refractivity contribution in [2.45, 2.75) is 26.2 Å². The highest BCUT2D eigenvalue weighted by Crippen LogP contribution is 2.31. The first kappa shape index (κ1) is 17.9. The summed E-state index contributed by atoms with van der Waals surface area (Å²) >= 11 is 0. The molecule has 0 saturated heterocycles. The van der Waals surface area contributed by atoms with Gasteiger partial charge >= 0.3 is 12.4 Å². The molecule has 0 fully saturated rings. The van der Waals surface area contributed by atoms with E-state index in [4.69, 9.17) is 0 Å². The normalized spacial score (nSPS) is 11.6. The predicted molar refractivity (Wildman–Crippen MR) is 68.0 cm³/mol. The first-order chi connectivity index (χ1) is 10.0. The Hall–Kier alpha value is -2.12. The van der Waals surface area contributed by atoms with Gasteiger partial charge in [-0.15, -0.1) is 0 Å². The lowest BCUT2D eigenvalue weighted by atomic mass is 10.1. The first-order valence-corrected chi connectivity index (χ1v) is 5.99. The van der Waals surface area contributed by atoms with Gasteiger partial charge in [0, 0.05) is 24.8 Å². The van der Waals surface area contributed by atoms with Crippen LogP contribution in [0.15, 0.2) is 36.9 Å². The van der Waals surface area contributed by atoms with Crippen LogP contribution in [0.4, 0.5) is 26.3 Å². The van der Waals surface area contributed by atoms with E-state index in [0.29, 0.717) is 0 Å². The van der Waals surface area contributed by atoms with E-state index >= 15 is 0 Å². The van der Waals surface area contributed by atoms with Gasteiger partial charge in [0.15, 0.2) is 0 Å². The Morgan fingerprint density at radius 2 is 1.18 bits per heavy atom. The highest BCUT2D eigenvalue weighted by Gasteiger charge is 2.32. The Morgan fingerprint density at radius 1 is 0.682 bits per heavy atom. The Labute approximate surface area is 122 Å². The summed E-state index contributed by atoms with van der Waals surface area (Å²) in [6, 6.07) is 2.30. The van der Waals surface area contributed by atoms with Gasteiger partial charge in [-0.1, -0.05) is 0 Å². The quantitative estimate of drug-likeness (QED) is 0.650. The molecular formula is C14H12F6N2. The van der Waals surface area contributed by atoms with Crippen molar-refractivity contribution in [3.8, 4) is 0 Å². The van der Waals surface area contributed by atoms with Crippen LogP contribution in [-0.2, 0) is 12.4 Å². The number of alkyl halides is 6. The number of hydrogen-bond acceptors (Lipinski definition) is 2. The first-order valence-electron chi connectivity index (χ1n) is 5.99. The smallest absolute Gasteiger partial charge is 0.264 e. The number of aromatic nitrogens is 2. The maximum Gasteiger partial charge on any atom is 0.418 e. The minimum atomic E-state index is -4.28. The van der Waals surface area contributed by atoms with Crippen molar-refractivity contribution < 1.29 is 26.3 Å². The largest absolute Gasteiger partial charge is 0.418 e. The van der Waals surface area contributed by atoms with E-state index < -0.39 is 23.5 Å². The minimum absolute atomic E-state index is 0.153. The Balaban J connectivity index is 0.000000220. The summed E-state index contributed by atoms with van der Waals surface area (Å²) in [5.41, 5.74) is -0.931. The molecule has 2 heterocycles. The monoisotopic (exact) mass is 322 g/mol. The average molecular weight is 322 g/mol. The maximum absolute atomic E-state index is 12.0. The Kier molecular flexibility index (Phi) is 5.51. The molecule has 2 aromatic rings. The van der Waals surface area contributed by atoms with Crippen LogP contribution in [-0.4, -0.2) is 9.97 Å². The molecule has 22 heavy (non-hydrogen) atoms. The van der Waals surface area contributed by atoms with Crippen LogP contribution in [0.3, 0.4) is 0 Å². The predicted octanol–water partition coefficient (Wildman–Crippen LogP) is 4.82. The molecule has 0 amide bonds. The van der Waals surface area contributed by atoms with Gasteiger partial charge < -0.3 is 0 Å². The summed E-state index contributed by atoms with van der Waals surface area (Å²) in [4.78, 5) is 6.95. The van der Waals surface area contributed by atoms with Crippen molar-refractivity contribution in [1.29, 1.82) is 0 Å². The van der Waals surface area contributed by atoms with Gasteiger partial charge in [-0.05, 0) is 37.1 Å². The number of halogens is 6. The molecular weight excluding hydrogens is 310 g/mol. The van der Waals surface area contributed by atoms with Crippen LogP contribution >= 0.6 is 0 Å². The highest BCUT2D eigenvalue weighted by molar-refractivity contribution is 5.24. The standard InChI is InChI=1S/2C7H6F3N/c1-5-4-11-3-2-6(5)7(8,9)10;1-5-2-3-11-4-6(5)7(8,9)10/h2*2-4H,1H3. The fourth-order valence-electron chi connectivity index (χ4n) is 1.55. The van der Waals surface area contributed by atoms with Crippen LogP contribution in [0.1, 0.15) is 22.3 Å². The van der Waals surface area contributed by atoms with Crippen molar-refractivity contribution in [1.82, 2.24) is 9.97 Å². The van der Waals surface area contributed by atoms with E-state index in [1.165, 1.54) is 32.3 Å². The van der Waals surface area contributed by atoms with Crippen LogP contribution in [0.2, 0.25) is 0 Å². The van der Waals surface area contributed by atoms with Crippen molar-refractivity contribution in [2.24, 2.45) is 0 Å². The summed E-state index contributed by atoms with van der Waals surface area (Å²) in [6.07, 6.45) is -4.04. The van der Waals surface area contributed by atoms with E-state index in [9.17, 15) is 26.3 Å². The minimum Gasteiger partial charge on any atom is -0.264 e. The maximum atomic E-state index is 12.0. The molecule has 0 spiro atoms. The van der Waals surface area contributed by atoms with Gasteiger partial charge in [-0.3, -0.25) is 9.97 Å². The Bertz CT molecular complexity index is 564. The topological polar surface area (TPSA) is 25.8 Å². The molecule has 0 aliphatic heterocycles. The van der Waals surface area contributed by atoms with Crippen LogP contribution < -0.4 is 0 Å². The van der Waals surface area contributed by atoms with E-state index in [0.717, 1.165) is 18.5 Å². The fourth-order valence-corrected chi connectivity index (χ4v) is 1.55. The second-order valence-corrected chi connectivity index (χ2v) is 4.38. The summed E-state index contributed by atoms with van der Waals surface area (Å²) in [5.74, 6) is 0. The number of nitrogens with zero attached hydrogens (tertiary/aromatic N) is 2. The molecule has 0 aliphatic carbocycles. The Morgan fingerprint density at radius 3 is 1.55 bits per heavy atom. The van der Waals surface area contributed by atoms with Crippen LogP contribution in [0, 0.1) is 13.8 Å². The van der Waals surface area contributed by atoms with Gasteiger partial charge in [0.25, 0.3) is 0 Å². The lowest BCUT2D eigenvalue weighted by molar-refractivity contribution is -0.139. The van der Waals surface area contributed by atoms with Gasteiger partial charge in [0.2, 0.25) is 0 Å². The van der Waals surface area contributed by atoms with Crippen LogP contribution in [0.5, 0.6) is 0 Å². The molecule has 0 bridgehead atoms. The summed E-state index contributed by atoms with van der Waals surface area (Å²) in [6.45, 7) is 2.79. The van der Waals surface area contributed by atoms with Gasteiger partial charge in [0.1, 0.15) is 0 Å². The molecule has 0 N–H and O–H groups in total. The molecule has 120 valence electrons. The van der Waals surface area contributed by atoms with Gasteiger partial charge in [0.05, 0.1) is 11.1 Å². The summed E-state index contributed by atoms with van der Waals surface area (Å²) < 4.78 is 72.1. The van der Waals surface area contributed by atoms with E-state index in [1.807, 2.05) is 0 Å². The number of rotatable bonds is 0. The summed E-state index contributed by atoms with van der Waals surface area (Å²) in [5, 5.41) is 0. The zero-order chi connectivity index (χ0) is 17.0. The van der Waals surface area contributed by atoms with Gasteiger partial charge in [-0.2, -0.15) is 26.3 Å². The summed E-state index contributed by atoms with van der Waals surface area (Å²) in [7, 11) is 0. The lowest BCUT2D eigenvalue weighted by Gasteiger charge is -2.07. The third-order valence-corrected chi connectivity index (χ3v) is 2.67. The van der Waals surface area contributed by atoms with Gasteiger partial charge in [-0.25, -0.2) is 0 Å². The fraction of sp³-hybridized carbons (Fsp3) is 0.286. The lowest BCUT2D eigenvalue weighted by Crippen LogP contribution is -2.07. The molecule has 0 unspecified atom stereocenters. The zero-order valence-electron chi connectivity index (χ0n) is 11.6. The van der Waals surface area contributed by atoms with Crippen molar-refractivity contribution in [3.05, 3.63) is 59.2 Å². The van der Waals surface area contributed by atoms with E-state index in [2.05, 4.69) is 9.97 Å². The van der Waals surface area contributed by atoms with Crippen molar-refractivity contribution in [2.75, 3.05) is 0 Å².